The van der Waals surface area contributed by atoms with Crippen molar-refractivity contribution in [3.8, 4) is 11.5 Å². The van der Waals surface area contributed by atoms with Crippen LogP contribution in [-0.2, 0) is 14.1 Å². The van der Waals surface area contributed by atoms with Gasteiger partial charge in [-0.2, -0.15) is 0 Å². The molecule has 0 bridgehead atoms. The molecule has 0 saturated heterocycles. The highest BCUT2D eigenvalue weighted by Crippen LogP contribution is 2.44. The number of nitrogens with zero attached hydrogens (tertiary/aromatic N) is 3. The molecule has 0 radical (unpaired) electrons. The van der Waals surface area contributed by atoms with E-state index in [1.54, 1.807) is 18.2 Å². The molecule has 0 amide bonds. The highest BCUT2D eigenvalue weighted by Gasteiger charge is 2.51. The minimum Gasteiger partial charge on any atom is -0.454 e. The van der Waals surface area contributed by atoms with Crippen LogP contribution in [0.2, 0.25) is 0 Å². The fourth-order valence-corrected chi connectivity index (χ4v) is 4.05. The molecule has 4 N–H and O–H groups in total. The lowest BCUT2D eigenvalue weighted by Crippen LogP contribution is -2.59. The van der Waals surface area contributed by atoms with E-state index < -0.39 is 47.8 Å². The normalized spacial score (nSPS) is 31.9. The molecule has 152 valence electrons. The maximum Gasteiger partial charge on any atom is 0.347 e. The van der Waals surface area contributed by atoms with Crippen molar-refractivity contribution >= 4 is 0 Å². The summed E-state index contributed by atoms with van der Waals surface area (Å²) in [6.45, 7) is 0.0338. The van der Waals surface area contributed by atoms with Gasteiger partial charge in [0.2, 0.25) is 6.79 Å². The Morgan fingerprint density at radius 3 is 2.18 bits per heavy atom. The minimum atomic E-state index is -1.72. The van der Waals surface area contributed by atoms with Crippen molar-refractivity contribution in [2.45, 2.75) is 36.4 Å². The summed E-state index contributed by atoms with van der Waals surface area (Å²) in [5.41, 5.74) is -0.912. The molecular formula is C17H21N3O8. The fraction of sp³-hybridized carbons (Fsp3) is 0.529. The second-order valence-corrected chi connectivity index (χ2v) is 7.08. The molecule has 1 aromatic carbocycles. The van der Waals surface area contributed by atoms with Crippen LogP contribution in [0.25, 0.3) is 0 Å². The third kappa shape index (κ3) is 2.51. The SMILES string of the molecule is Cn1c(=O)n(C)n([C@H]2[C@H](O)[C@H](O)[C@@H](O)[C@H](O)[C@@H]2c2ccc3c(c2)OCO3)c1=O. The number of aliphatic hydroxyl groups is 4. The zero-order chi connectivity index (χ0) is 20.3. The Kier molecular flexibility index (Phi) is 4.34. The van der Waals surface area contributed by atoms with E-state index in [0.29, 0.717) is 17.1 Å². The Balaban J connectivity index is 1.91. The molecule has 6 atom stereocenters. The van der Waals surface area contributed by atoms with Crippen LogP contribution in [0.5, 0.6) is 11.5 Å². The van der Waals surface area contributed by atoms with Crippen LogP contribution in [0.1, 0.15) is 17.5 Å². The number of benzene rings is 1. The molecule has 1 saturated carbocycles. The Hall–Kier alpha value is -2.60. The first-order valence-corrected chi connectivity index (χ1v) is 8.70. The highest BCUT2D eigenvalue weighted by molar-refractivity contribution is 5.46. The predicted octanol–water partition coefficient (Wildman–Crippen LogP) is -2.60. The van der Waals surface area contributed by atoms with Crippen molar-refractivity contribution in [3.63, 3.8) is 0 Å². The van der Waals surface area contributed by atoms with Gasteiger partial charge >= 0.3 is 11.4 Å². The molecule has 1 aromatic heterocycles. The third-order valence-corrected chi connectivity index (χ3v) is 5.57. The van der Waals surface area contributed by atoms with Gasteiger partial charge in [-0.3, -0.25) is 0 Å². The Labute approximate surface area is 158 Å². The van der Waals surface area contributed by atoms with E-state index in [1.807, 2.05) is 0 Å². The molecular weight excluding hydrogens is 374 g/mol. The molecule has 11 nitrogen and oxygen atoms in total. The lowest BCUT2D eigenvalue weighted by atomic mass is 9.73. The van der Waals surface area contributed by atoms with Crippen LogP contribution < -0.4 is 20.9 Å². The smallest absolute Gasteiger partial charge is 0.347 e. The lowest BCUT2D eigenvalue weighted by molar-refractivity contribution is -0.166. The van der Waals surface area contributed by atoms with Gasteiger partial charge in [0.25, 0.3) is 0 Å². The van der Waals surface area contributed by atoms with E-state index >= 15 is 0 Å². The third-order valence-electron chi connectivity index (χ3n) is 5.57. The molecule has 0 spiro atoms. The first-order chi connectivity index (χ1) is 13.2. The maximum atomic E-state index is 12.6. The fourth-order valence-electron chi connectivity index (χ4n) is 4.05. The molecule has 2 heterocycles. The summed E-state index contributed by atoms with van der Waals surface area (Å²) >= 11 is 0. The number of ether oxygens (including phenoxy) is 2. The summed E-state index contributed by atoms with van der Waals surface area (Å²) < 4.78 is 13.5. The van der Waals surface area contributed by atoms with E-state index in [-0.39, 0.29) is 6.79 Å². The largest absolute Gasteiger partial charge is 0.454 e. The molecule has 1 fully saturated rings. The first kappa shape index (κ1) is 18.7. The second kappa shape index (κ2) is 6.48. The van der Waals surface area contributed by atoms with Crippen LogP contribution in [0.15, 0.2) is 27.8 Å². The van der Waals surface area contributed by atoms with Crippen molar-refractivity contribution in [1.82, 2.24) is 13.9 Å². The van der Waals surface area contributed by atoms with E-state index in [4.69, 9.17) is 9.47 Å². The monoisotopic (exact) mass is 395 g/mol. The molecule has 2 aliphatic rings. The van der Waals surface area contributed by atoms with Crippen LogP contribution >= 0.6 is 0 Å². The number of aliphatic hydroxyl groups excluding tert-OH is 4. The Bertz CT molecular complexity index is 1020. The predicted molar refractivity (Wildman–Crippen MR) is 93.3 cm³/mol. The molecule has 0 unspecified atom stereocenters. The molecule has 2 aromatic rings. The van der Waals surface area contributed by atoms with Crippen molar-refractivity contribution in [1.29, 1.82) is 0 Å². The summed E-state index contributed by atoms with van der Waals surface area (Å²) in [5.74, 6) is -0.113. The van der Waals surface area contributed by atoms with Gasteiger partial charge in [0, 0.05) is 20.0 Å². The minimum absolute atomic E-state index is 0.0338. The van der Waals surface area contributed by atoms with Gasteiger partial charge in [0.15, 0.2) is 11.5 Å². The average Bonchev–Trinajstić information content (AvgIpc) is 3.22. The number of aromatic nitrogens is 3. The summed E-state index contributed by atoms with van der Waals surface area (Å²) in [6, 6.07) is 3.57. The highest BCUT2D eigenvalue weighted by atomic mass is 16.7. The van der Waals surface area contributed by atoms with Crippen molar-refractivity contribution in [2.75, 3.05) is 6.79 Å². The second-order valence-electron chi connectivity index (χ2n) is 7.08. The molecule has 1 aliphatic heterocycles. The van der Waals surface area contributed by atoms with Crippen LogP contribution in [0, 0.1) is 0 Å². The van der Waals surface area contributed by atoms with Crippen molar-refractivity contribution < 1.29 is 29.9 Å². The van der Waals surface area contributed by atoms with E-state index in [2.05, 4.69) is 0 Å². The van der Waals surface area contributed by atoms with Crippen molar-refractivity contribution in [3.05, 3.63) is 44.7 Å². The van der Waals surface area contributed by atoms with Gasteiger partial charge in [-0.05, 0) is 17.7 Å². The number of rotatable bonds is 2. The van der Waals surface area contributed by atoms with Crippen LogP contribution in [0.3, 0.4) is 0 Å². The summed E-state index contributed by atoms with van der Waals surface area (Å²) in [7, 11) is 2.63. The van der Waals surface area contributed by atoms with Gasteiger partial charge < -0.3 is 29.9 Å². The van der Waals surface area contributed by atoms with E-state index in [0.717, 1.165) is 13.9 Å². The summed E-state index contributed by atoms with van der Waals surface area (Å²) in [5, 5.41) is 41.8. The van der Waals surface area contributed by atoms with Gasteiger partial charge in [0.05, 0.1) is 12.1 Å². The summed E-state index contributed by atoms with van der Waals surface area (Å²) in [4.78, 5) is 24.8. The maximum absolute atomic E-state index is 12.6. The van der Waals surface area contributed by atoms with Gasteiger partial charge in [-0.1, -0.05) is 6.07 Å². The van der Waals surface area contributed by atoms with E-state index in [9.17, 15) is 30.0 Å². The molecule has 1 aliphatic carbocycles. The zero-order valence-electron chi connectivity index (χ0n) is 15.2. The van der Waals surface area contributed by atoms with Gasteiger partial charge in [0.1, 0.15) is 18.3 Å². The zero-order valence-corrected chi connectivity index (χ0v) is 15.2. The topological polar surface area (TPSA) is 148 Å². The number of hydrogen-bond donors (Lipinski definition) is 4. The standard InChI is InChI=1S/C17H21N3O8/c1-18-16(25)19(2)20(17(18)26)11-10(12(21)14(23)15(24)13(11)22)7-3-4-8-9(5-7)28-6-27-8/h3-5,10-15,21-24H,6H2,1-2H3/t10-,11-,12-,13+,14+,15+/m1/s1. The summed E-state index contributed by atoms with van der Waals surface area (Å²) in [6.07, 6.45) is -6.52. The number of fused-ring (bicyclic) bond motifs is 1. The molecule has 4 rings (SSSR count). The molecule has 11 heteroatoms. The first-order valence-electron chi connectivity index (χ1n) is 8.70. The Morgan fingerprint density at radius 2 is 1.54 bits per heavy atom. The molecule has 28 heavy (non-hydrogen) atoms. The number of hydrogen-bond acceptors (Lipinski definition) is 8. The Morgan fingerprint density at radius 1 is 0.893 bits per heavy atom. The quantitative estimate of drug-likeness (QED) is 0.433. The van der Waals surface area contributed by atoms with Gasteiger partial charge in [-0.15, -0.1) is 0 Å². The van der Waals surface area contributed by atoms with E-state index in [1.165, 1.54) is 14.1 Å². The van der Waals surface area contributed by atoms with Gasteiger partial charge in [-0.25, -0.2) is 23.5 Å². The average molecular weight is 395 g/mol. The van der Waals surface area contributed by atoms with Crippen molar-refractivity contribution in [2.24, 2.45) is 14.1 Å². The van der Waals surface area contributed by atoms with Crippen LogP contribution in [0.4, 0.5) is 0 Å². The lowest BCUT2D eigenvalue weighted by Gasteiger charge is -2.44. The van der Waals surface area contributed by atoms with Crippen LogP contribution in [-0.4, -0.2) is 65.6 Å².